The van der Waals surface area contributed by atoms with Gasteiger partial charge in [0.2, 0.25) is 0 Å². The zero-order chi connectivity index (χ0) is 44.4. The first-order valence-corrected chi connectivity index (χ1v) is 24.3. The average molecular weight is 872 g/mol. The van der Waals surface area contributed by atoms with E-state index in [2.05, 4.69) is 249 Å². The minimum absolute atomic E-state index is 0.0249. The fourth-order valence-electron chi connectivity index (χ4n) is 12.4. The lowest BCUT2D eigenvalue weighted by atomic mass is 9.64. The first-order chi connectivity index (χ1) is 33.0. The zero-order valence-corrected chi connectivity index (χ0v) is 38.2. The van der Waals surface area contributed by atoms with E-state index in [0.717, 1.165) is 5.69 Å². The summed E-state index contributed by atoms with van der Waals surface area (Å²) in [6.07, 6.45) is 0. The molecule has 1 aliphatic heterocycles. The molecule has 2 heteroatoms. The Morgan fingerprint density at radius 1 is 0.358 bits per heavy atom. The van der Waals surface area contributed by atoms with E-state index in [1.807, 2.05) is 11.3 Å². The molecule has 10 aromatic carbocycles. The zero-order valence-electron chi connectivity index (χ0n) is 37.4. The van der Waals surface area contributed by atoms with Gasteiger partial charge in [-0.3, -0.25) is 0 Å². The molecule has 2 heterocycles. The Bertz CT molecular complexity index is 3750. The molecule has 0 saturated heterocycles. The summed E-state index contributed by atoms with van der Waals surface area (Å²) in [5.74, 6) is -0.0249. The van der Waals surface area contributed by atoms with Gasteiger partial charge < -0.3 is 4.90 Å². The fraction of sp³-hybridized carbons (Fsp3) is 0.0769. The van der Waals surface area contributed by atoms with E-state index in [-0.39, 0.29) is 11.3 Å². The maximum absolute atomic E-state index is 2.59. The highest BCUT2D eigenvalue weighted by Crippen LogP contribution is 2.64. The van der Waals surface area contributed by atoms with Crippen LogP contribution >= 0.6 is 11.3 Å². The highest BCUT2D eigenvalue weighted by atomic mass is 32.1. The molecule has 1 nitrogen and oxygen atoms in total. The maximum atomic E-state index is 2.59. The summed E-state index contributed by atoms with van der Waals surface area (Å²) in [7, 11) is 0. The summed E-state index contributed by atoms with van der Waals surface area (Å²) in [6, 6.07) is 87.3. The van der Waals surface area contributed by atoms with Crippen molar-refractivity contribution in [2.45, 2.75) is 30.6 Å². The highest BCUT2D eigenvalue weighted by molar-refractivity contribution is 7.25. The molecular formula is C65H45NS. The van der Waals surface area contributed by atoms with E-state index in [1.54, 1.807) is 0 Å². The van der Waals surface area contributed by atoms with Crippen molar-refractivity contribution in [1.82, 2.24) is 0 Å². The molecule has 3 aliphatic rings. The van der Waals surface area contributed by atoms with Gasteiger partial charge in [-0.25, -0.2) is 0 Å². The van der Waals surface area contributed by atoms with Crippen molar-refractivity contribution in [2.75, 3.05) is 4.90 Å². The molecule has 0 radical (unpaired) electrons. The highest BCUT2D eigenvalue weighted by Gasteiger charge is 2.52. The van der Waals surface area contributed by atoms with Crippen molar-refractivity contribution < 1.29 is 0 Å². The Morgan fingerprint density at radius 2 is 0.866 bits per heavy atom. The molecule has 0 saturated carbocycles. The van der Waals surface area contributed by atoms with Crippen LogP contribution in [0.3, 0.4) is 0 Å². The average Bonchev–Trinajstić information content (AvgIpc) is 3.98. The Hall–Kier alpha value is -7.78. The number of anilines is 3. The molecule has 11 aromatic rings. The van der Waals surface area contributed by atoms with Crippen LogP contribution in [0.4, 0.5) is 17.1 Å². The summed E-state index contributed by atoms with van der Waals surface area (Å²) < 4.78 is 2.66. The van der Waals surface area contributed by atoms with Crippen LogP contribution in [-0.4, -0.2) is 0 Å². The second kappa shape index (κ2) is 14.4. The number of rotatable bonds is 5. The predicted octanol–water partition coefficient (Wildman–Crippen LogP) is 17.4. The topological polar surface area (TPSA) is 3.24 Å². The number of nitrogens with zero attached hydrogens (tertiary/aromatic N) is 1. The van der Waals surface area contributed by atoms with Crippen LogP contribution in [0.2, 0.25) is 0 Å². The Labute approximate surface area is 395 Å². The van der Waals surface area contributed by atoms with Gasteiger partial charge in [0.25, 0.3) is 0 Å². The smallest absolute Gasteiger partial charge is 0.0754 e. The summed E-state index contributed by atoms with van der Waals surface area (Å²) in [5.41, 5.74) is 22.6. The van der Waals surface area contributed by atoms with Gasteiger partial charge in [-0.1, -0.05) is 202 Å². The van der Waals surface area contributed by atoms with E-state index in [1.165, 1.54) is 115 Å². The minimum Gasteiger partial charge on any atom is -0.310 e. The third kappa shape index (κ3) is 5.42. The molecule has 67 heavy (non-hydrogen) atoms. The standard InChI is InChI=1S/C65H45NS/c1-64(2)53-21-9-6-18-47(53)49-35-32-44(39-57(49)64)63(42-30-28-41(29-31-42)43-34-37-62-52(38-43)51-20-8-15-27-61(51)67-62)45-33-36-50-48-19-7-10-22-54(48)65(58(50)40-45)55-23-11-13-25-59(55)66(46-16-4-3-5-17-46)60-26-14-12-24-56(60)65/h3-40,63H,1-2H3/t63-/m1/s1. The Kier molecular flexibility index (Phi) is 8.25. The first-order valence-electron chi connectivity index (χ1n) is 23.5. The molecule has 0 N–H and O–H groups in total. The second-order valence-electron chi connectivity index (χ2n) is 19.1. The summed E-state index contributed by atoms with van der Waals surface area (Å²) in [5, 5.41) is 2.66. The van der Waals surface area contributed by atoms with Gasteiger partial charge >= 0.3 is 0 Å². The molecule has 0 bridgehead atoms. The van der Waals surface area contributed by atoms with Crippen LogP contribution in [0.1, 0.15) is 69.8 Å². The molecule has 0 amide bonds. The van der Waals surface area contributed by atoms with Crippen molar-refractivity contribution in [3.63, 3.8) is 0 Å². The van der Waals surface area contributed by atoms with Crippen LogP contribution in [-0.2, 0) is 10.8 Å². The van der Waals surface area contributed by atoms with Gasteiger partial charge in [-0.05, 0) is 126 Å². The summed E-state index contributed by atoms with van der Waals surface area (Å²) in [6.45, 7) is 4.79. The van der Waals surface area contributed by atoms with Crippen molar-refractivity contribution in [3.8, 4) is 33.4 Å². The molecule has 1 atom stereocenters. The third-order valence-electron chi connectivity index (χ3n) is 15.4. The van der Waals surface area contributed by atoms with Crippen molar-refractivity contribution >= 4 is 48.6 Å². The number of hydrogen-bond donors (Lipinski definition) is 0. The summed E-state index contributed by atoms with van der Waals surface area (Å²) >= 11 is 1.87. The van der Waals surface area contributed by atoms with E-state index in [4.69, 9.17) is 0 Å². The lowest BCUT2D eigenvalue weighted by Gasteiger charge is -2.45. The molecule has 1 aromatic heterocycles. The Balaban J connectivity index is 0.984. The molecule has 0 unspecified atom stereocenters. The molecule has 1 spiro atoms. The maximum Gasteiger partial charge on any atom is 0.0754 e. The van der Waals surface area contributed by atoms with E-state index in [9.17, 15) is 0 Å². The van der Waals surface area contributed by atoms with E-state index >= 15 is 0 Å². The van der Waals surface area contributed by atoms with Crippen molar-refractivity contribution in [2.24, 2.45) is 0 Å². The lowest BCUT2D eigenvalue weighted by molar-refractivity contribution is 0.659. The predicted molar refractivity (Wildman–Crippen MR) is 282 cm³/mol. The van der Waals surface area contributed by atoms with Gasteiger partial charge in [0.1, 0.15) is 0 Å². The molecule has 0 fully saturated rings. The SMILES string of the molecule is CC1(C)c2ccccc2-c2ccc([C@@H](c3ccc(-c4ccc5sc6ccccc6c5c4)cc3)c3ccc4c(c3)C3(c5ccccc5-4)c4ccccc4N(c4ccccc4)c4ccccc43)cc21. The number of fused-ring (bicyclic) bond motifs is 15. The second-order valence-corrected chi connectivity index (χ2v) is 20.2. The monoisotopic (exact) mass is 871 g/mol. The van der Waals surface area contributed by atoms with Gasteiger partial charge in [0.05, 0.1) is 16.8 Å². The molecule has 2 aliphatic carbocycles. The number of benzene rings is 10. The van der Waals surface area contributed by atoms with Crippen molar-refractivity contribution in [1.29, 1.82) is 0 Å². The van der Waals surface area contributed by atoms with Crippen LogP contribution in [0, 0.1) is 0 Å². The molecular weight excluding hydrogens is 827 g/mol. The number of thiophene rings is 1. The largest absolute Gasteiger partial charge is 0.310 e. The Morgan fingerprint density at radius 3 is 1.58 bits per heavy atom. The normalized spacial score (nSPS) is 14.9. The van der Waals surface area contributed by atoms with E-state index in [0.29, 0.717) is 0 Å². The van der Waals surface area contributed by atoms with Gasteiger partial charge in [-0.15, -0.1) is 11.3 Å². The van der Waals surface area contributed by atoms with Gasteiger partial charge in [0.15, 0.2) is 0 Å². The van der Waals surface area contributed by atoms with Crippen molar-refractivity contribution in [3.05, 3.63) is 281 Å². The molecule has 14 rings (SSSR count). The third-order valence-corrected chi connectivity index (χ3v) is 16.6. The molecule has 316 valence electrons. The first kappa shape index (κ1) is 38.5. The number of para-hydroxylation sites is 3. The quantitative estimate of drug-likeness (QED) is 0.156. The number of hydrogen-bond acceptors (Lipinski definition) is 2. The van der Waals surface area contributed by atoms with Crippen LogP contribution in [0.15, 0.2) is 231 Å². The van der Waals surface area contributed by atoms with Crippen LogP contribution in [0.25, 0.3) is 53.6 Å². The summed E-state index contributed by atoms with van der Waals surface area (Å²) in [4.78, 5) is 2.47. The minimum atomic E-state index is -0.541. The van der Waals surface area contributed by atoms with Crippen LogP contribution in [0.5, 0.6) is 0 Å². The van der Waals surface area contributed by atoms with Gasteiger partial charge in [0, 0.05) is 37.2 Å². The van der Waals surface area contributed by atoms with Crippen LogP contribution < -0.4 is 4.90 Å². The van der Waals surface area contributed by atoms with Gasteiger partial charge in [-0.2, -0.15) is 0 Å². The van der Waals surface area contributed by atoms with E-state index < -0.39 is 5.41 Å². The fourth-order valence-corrected chi connectivity index (χ4v) is 13.5. The lowest BCUT2D eigenvalue weighted by Crippen LogP contribution is -2.36.